The number of rotatable bonds is 8. The maximum absolute atomic E-state index is 15.1. The van der Waals surface area contributed by atoms with Crippen LogP contribution in [0.4, 0.5) is 0 Å². The molecule has 0 radical (unpaired) electrons. The standard InChI is InChI=1S/C58H58O4S2/c1-29(2)35-21-41(31(5)6)51(42(22-35)32(7)8)55-47-27-37-26-46-48(28-38(37)25-45(47)53-39-17-13-15-19-49(39)63(59,60)57(53)55)56(58-54(46)40-18-14-16-20-50(40)64(58,61)62)52-43(33(9)10)23-36(30(3)4)24-44(52)34(11)12/h13-34H,1-12H3. The third-order valence-corrected chi connectivity index (χ3v) is 18.1. The Morgan fingerprint density at radius 3 is 0.953 bits per heavy atom. The van der Waals surface area contributed by atoms with Gasteiger partial charge in [-0.15, -0.1) is 0 Å². The number of fused-ring (bicyclic) bond motifs is 9. The number of hydrogen-bond donors (Lipinski definition) is 0. The Balaban J connectivity index is 1.39. The van der Waals surface area contributed by atoms with Crippen molar-refractivity contribution in [1.82, 2.24) is 0 Å². The Kier molecular flexibility index (Phi) is 9.73. The van der Waals surface area contributed by atoms with Crippen molar-refractivity contribution in [3.63, 3.8) is 0 Å². The summed E-state index contributed by atoms with van der Waals surface area (Å²) in [5.41, 5.74) is 15.5. The van der Waals surface area contributed by atoms with Gasteiger partial charge in [0, 0.05) is 33.4 Å². The van der Waals surface area contributed by atoms with Crippen LogP contribution in [0.1, 0.15) is 185 Å². The van der Waals surface area contributed by atoms with Crippen molar-refractivity contribution in [1.29, 1.82) is 0 Å². The molecule has 2 heterocycles. The first-order chi connectivity index (χ1) is 30.2. The Bertz CT molecular complexity index is 3220. The van der Waals surface area contributed by atoms with Gasteiger partial charge in [0.1, 0.15) is 0 Å². The molecule has 2 aliphatic heterocycles. The molecule has 326 valence electrons. The highest BCUT2D eigenvalue weighted by Crippen LogP contribution is 2.54. The van der Waals surface area contributed by atoms with Gasteiger partial charge in [-0.05, 0) is 149 Å². The Hall–Kier alpha value is -5.30. The highest BCUT2D eigenvalue weighted by Gasteiger charge is 2.46. The minimum absolute atomic E-state index is 0.131. The summed E-state index contributed by atoms with van der Waals surface area (Å²) in [5, 5.41) is 3.69. The van der Waals surface area contributed by atoms with Gasteiger partial charge in [-0.1, -0.05) is 144 Å². The monoisotopic (exact) mass is 882 g/mol. The van der Waals surface area contributed by atoms with E-state index in [9.17, 15) is 0 Å². The molecule has 0 aromatic heterocycles. The van der Waals surface area contributed by atoms with Crippen LogP contribution in [-0.4, -0.2) is 16.8 Å². The summed E-state index contributed by atoms with van der Waals surface area (Å²) in [4.78, 5) is 1.49. The molecule has 4 aliphatic rings. The first-order valence-corrected chi connectivity index (χ1v) is 26.1. The van der Waals surface area contributed by atoms with E-state index in [0.717, 1.165) is 99.1 Å². The minimum Gasteiger partial charge on any atom is -0.218 e. The minimum atomic E-state index is -3.90. The van der Waals surface area contributed by atoms with E-state index in [1.54, 1.807) is 12.1 Å². The van der Waals surface area contributed by atoms with Crippen molar-refractivity contribution in [3.8, 4) is 0 Å². The molecule has 0 spiro atoms. The maximum Gasteiger partial charge on any atom is 0.208 e. The summed E-state index contributed by atoms with van der Waals surface area (Å²) in [7, 11) is -7.81. The molecular weight excluding hydrogens is 825 g/mol. The molecule has 0 bridgehead atoms. The van der Waals surface area contributed by atoms with Crippen LogP contribution < -0.4 is 10.4 Å². The summed E-state index contributed by atoms with van der Waals surface area (Å²) in [6.07, 6.45) is 0. The van der Waals surface area contributed by atoms with E-state index in [1.165, 1.54) is 11.1 Å². The smallest absolute Gasteiger partial charge is 0.208 e. The molecule has 4 nitrogen and oxygen atoms in total. The molecule has 10 rings (SSSR count). The predicted octanol–water partition coefficient (Wildman–Crippen LogP) is 13.1. The van der Waals surface area contributed by atoms with Gasteiger partial charge in [-0.2, -0.15) is 0 Å². The van der Waals surface area contributed by atoms with E-state index < -0.39 is 19.7 Å². The Morgan fingerprint density at radius 2 is 0.656 bits per heavy atom. The van der Waals surface area contributed by atoms with E-state index in [0.29, 0.717) is 31.4 Å². The number of benzene rings is 6. The number of allylic oxidation sites excluding steroid dienone is 2. The maximum atomic E-state index is 15.1. The SMILES string of the molecule is CC(C)c1cc(C(C)C)c(C2=c3cc4cc5c(cc4cc3C3=C2S(=O)(=O)c2ccccc23)=C(c2c(C(C)C)cc(C(C)C)cc2C(C)C)C2=C5c3ccccc3S2(=O)=O)c(C(C)C)c1. The van der Waals surface area contributed by atoms with Gasteiger partial charge in [0.25, 0.3) is 0 Å². The lowest BCUT2D eigenvalue weighted by Gasteiger charge is -2.25. The molecule has 64 heavy (non-hydrogen) atoms. The van der Waals surface area contributed by atoms with Gasteiger partial charge < -0.3 is 0 Å². The molecule has 0 fully saturated rings. The Labute approximate surface area is 380 Å². The van der Waals surface area contributed by atoms with Crippen LogP contribution in [0.2, 0.25) is 0 Å². The fourth-order valence-corrected chi connectivity index (χ4v) is 14.8. The van der Waals surface area contributed by atoms with E-state index in [-0.39, 0.29) is 23.7 Å². The van der Waals surface area contributed by atoms with Crippen molar-refractivity contribution in [2.24, 2.45) is 0 Å². The van der Waals surface area contributed by atoms with E-state index in [4.69, 9.17) is 0 Å². The van der Waals surface area contributed by atoms with E-state index in [2.05, 4.69) is 132 Å². The largest absolute Gasteiger partial charge is 0.218 e. The zero-order chi connectivity index (χ0) is 45.6. The topological polar surface area (TPSA) is 68.3 Å². The second-order valence-electron chi connectivity index (χ2n) is 20.4. The average Bonchev–Trinajstić information content (AvgIpc) is 3.90. The molecule has 0 saturated carbocycles. The third kappa shape index (κ3) is 5.90. The molecule has 0 amide bonds. The average molecular weight is 883 g/mol. The first kappa shape index (κ1) is 42.6. The van der Waals surface area contributed by atoms with Gasteiger partial charge in [-0.25, -0.2) is 16.8 Å². The van der Waals surface area contributed by atoms with Crippen LogP contribution in [0.15, 0.2) is 117 Å². The molecule has 0 N–H and O–H groups in total. The van der Waals surface area contributed by atoms with E-state index >= 15 is 16.8 Å². The van der Waals surface area contributed by atoms with Crippen LogP contribution in [0.5, 0.6) is 0 Å². The van der Waals surface area contributed by atoms with Crippen molar-refractivity contribution >= 4 is 52.7 Å². The molecule has 0 atom stereocenters. The fourth-order valence-electron chi connectivity index (χ4n) is 11.0. The third-order valence-electron chi connectivity index (χ3n) is 14.3. The predicted molar refractivity (Wildman–Crippen MR) is 265 cm³/mol. The molecule has 2 aliphatic carbocycles. The van der Waals surface area contributed by atoms with Crippen molar-refractivity contribution < 1.29 is 16.8 Å². The van der Waals surface area contributed by atoms with Crippen molar-refractivity contribution in [3.05, 3.63) is 184 Å². The fraction of sp³-hybridized carbons (Fsp3) is 0.310. The summed E-state index contributed by atoms with van der Waals surface area (Å²) in [6.45, 7) is 26.5. The summed E-state index contributed by atoms with van der Waals surface area (Å²) in [5.74, 6) is 1.13. The van der Waals surface area contributed by atoms with Gasteiger partial charge in [-0.3, -0.25) is 0 Å². The highest BCUT2D eigenvalue weighted by molar-refractivity contribution is 7.97. The zero-order valence-corrected chi connectivity index (χ0v) is 40.8. The first-order valence-electron chi connectivity index (χ1n) is 23.2. The van der Waals surface area contributed by atoms with Gasteiger partial charge >= 0.3 is 0 Å². The van der Waals surface area contributed by atoms with Crippen LogP contribution in [0.3, 0.4) is 0 Å². The molecule has 6 heteroatoms. The quantitative estimate of drug-likeness (QED) is 0.153. The number of hydrogen-bond acceptors (Lipinski definition) is 4. The van der Waals surface area contributed by atoms with Crippen LogP contribution in [0, 0.1) is 0 Å². The second-order valence-corrected chi connectivity index (χ2v) is 24.1. The lowest BCUT2D eigenvalue weighted by molar-refractivity contribution is 0.602. The zero-order valence-electron chi connectivity index (χ0n) is 39.2. The molecule has 6 aromatic carbocycles. The second kappa shape index (κ2) is 14.6. The number of sulfone groups is 2. The van der Waals surface area contributed by atoms with Gasteiger partial charge in [0.15, 0.2) is 0 Å². The lowest BCUT2D eigenvalue weighted by atomic mass is 9.81. The Morgan fingerprint density at radius 1 is 0.344 bits per heavy atom. The van der Waals surface area contributed by atoms with E-state index in [1.807, 2.05) is 36.4 Å². The highest BCUT2D eigenvalue weighted by atomic mass is 32.2. The van der Waals surface area contributed by atoms with Gasteiger partial charge in [0.05, 0.1) is 19.6 Å². The van der Waals surface area contributed by atoms with Gasteiger partial charge in [0.2, 0.25) is 19.7 Å². The molecule has 0 saturated heterocycles. The molecular formula is C58H58O4S2. The van der Waals surface area contributed by atoms with Crippen LogP contribution in [0.25, 0.3) is 33.1 Å². The molecule has 6 aromatic rings. The van der Waals surface area contributed by atoms with Crippen LogP contribution >= 0.6 is 0 Å². The summed E-state index contributed by atoms with van der Waals surface area (Å²) < 4.78 is 60.4. The van der Waals surface area contributed by atoms with Crippen LogP contribution in [-0.2, 0) is 19.7 Å². The van der Waals surface area contributed by atoms with Crippen molar-refractivity contribution in [2.45, 2.75) is 128 Å². The lowest BCUT2D eigenvalue weighted by Crippen LogP contribution is -2.18. The summed E-state index contributed by atoms with van der Waals surface area (Å²) >= 11 is 0. The van der Waals surface area contributed by atoms with Crippen molar-refractivity contribution in [2.75, 3.05) is 0 Å². The molecule has 0 unspecified atom stereocenters. The summed E-state index contributed by atoms with van der Waals surface area (Å²) in [6, 6.07) is 32.9. The normalized spacial score (nSPS) is 16.7.